The summed E-state index contributed by atoms with van der Waals surface area (Å²) in [6, 6.07) is 4.76. The molecule has 0 aliphatic carbocycles. The zero-order chi connectivity index (χ0) is 15.1. The van der Waals surface area contributed by atoms with E-state index in [1.54, 1.807) is 19.2 Å². The second-order valence-electron chi connectivity index (χ2n) is 5.02. The second kappa shape index (κ2) is 7.81. The lowest BCUT2D eigenvalue weighted by Crippen LogP contribution is -2.27. The number of likely N-dealkylation sites (N-methyl/N-ethyl adjacent to an activating group) is 2. The van der Waals surface area contributed by atoms with E-state index in [1.165, 1.54) is 11.0 Å². The van der Waals surface area contributed by atoms with Gasteiger partial charge in [-0.1, -0.05) is 6.07 Å². The first-order valence-electron chi connectivity index (χ1n) is 6.47. The number of nitrogens with one attached hydrogen (secondary N) is 1. The number of anilines is 1. The van der Waals surface area contributed by atoms with Crippen molar-refractivity contribution in [2.45, 2.75) is 6.54 Å². The van der Waals surface area contributed by atoms with Crippen molar-refractivity contribution in [1.29, 1.82) is 0 Å². The highest BCUT2D eigenvalue weighted by Crippen LogP contribution is 2.19. The molecule has 0 radical (unpaired) electrons. The Morgan fingerprint density at radius 2 is 2.05 bits per heavy atom. The SMILES string of the molecule is CN(C)CCNCc1ccc(F)c(N(C)CC(=O)O)c1. The minimum atomic E-state index is -0.985. The molecule has 0 aliphatic rings. The molecule has 20 heavy (non-hydrogen) atoms. The van der Waals surface area contributed by atoms with Crippen molar-refractivity contribution in [2.75, 3.05) is 45.7 Å². The average Bonchev–Trinajstić information content (AvgIpc) is 2.35. The molecule has 2 N–H and O–H groups in total. The lowest BCUT2D eigenvalue weighted by molar-refractivity contribution is -0.135. The van der Waals surface area contributed by atoms with Gasteiger partial charge in [0.25, 0.3) is 0 Å². The summed E-state index contributed by atoms with van der Waals surface area (Å²) >= 11 is 0. The molecule has 112 valence electrons. The van der Waals surface area contributed by atoms with Gasteiger partial charge in [0.05, 0.1) is 5.69 Å². The molecular formula is C14H22FN3O2. The monoisotopic (exact) mass is 283 g/mol. The van der Waals surface area contributed by atoms with Gasteiger partial charge in [0.2, 0.25) is 0 Å². The predicted molar refractivity (Wildman–Crippen MR) is 77.6 cm³/mol. The summed E-state index contributed by atoms with van der Waals surface area (Å²) in [7, 11) is 5.56. The second-order valence-corrected chi connectivity index (χ2v) is 5.02. The molecule has 6 heteroatoms. The number of carboxylic acids is 1. The van der Waals surface area contributed by atoms with Crippen LogP contribution in [0.5, 0.6) is 0 Å². The third kappa shape index (κ3) is 5.54. The molecule has 0 unspecified atom stereocenters. The van der Waals surface area contributed by atoms with E-state index in [9.17, 15) is 9.18 Å². The zero-order valence-electron chi connectivity index (χ0n) is 12.2. The fourth-order valence-corrected chi connectivity index (χ4v) is 1.78. The third-order valence-corrected chi connectivity index (χ3v) is 2.86. The Hall–Kier alpha value is -1.66. The molecule has 0 amide bonds. The Bertz CT molecular complexity index is 452. The van der Waals surface area contributed by atoms with E-state index in [2.05, 4.69) is 10.2 Å². The zero-order valence-corrected chi connectivity index (χ0v) is 12.2. The summed E-state index contributed by atoms with van der Waals surface area (Å²) in [6.07, 6.45) is 0. The number of carboxylic acid groups (broad SMARTS) is 1. The summed E-state index contributed by atoms with van der Waals surface area (Å²) < 4.78 is 13.7. The van der Waals surface area contributed by atoms with Crippen molar-refractivity contribution in [1.82, 2.24) is 10.2 Å². The van der Waals surface area contributed by atoms with Crippen LogP contribution in [0.3, 0.4) is 0 Å². The summed E-state index contributed by atoms with van der Waals surface area (Å²) in [6.45, 7) is 2.16. The highest BCUT2D eigenvalue weighted by Gasteiger charge is 2.11. The van der Waals surface area contributed by atoms with E-state index in [-0.39, 0.29) is 6.54 Å². The van der Waals surface area contributed by atoms with Crippen LogP contribution >= 0.6 is 0 Å². The van der Waals surface area contributed by atoms with Crippen molar-refractivity contribution in [3.05, 3.63) is 29.6 Å². The Kier molecular flexibility index (Phi) is 6.41. The smallest absolute Gasteiger partial charge is 0.323 e. The van der Waals surface area contributed by atoms with Crippen molar-refractivity contribution < 1.29 is 14.3 Å². The molecule has 0 atom stereocenters. The normalized spacial score (nSPS) is 10.8. The number of hydrogen-bond acceptors (Lipinski definition) is 4. The van der Waals surface area contributed by atoms with Gasteiger partial charge in [0.15, 0.2) is 0 Å². The highest BCUT2D eigenvalue weighted by atomic mass is 19.1. The van der Waals surface area contributed by atoms with E-state index in [1.807, 2.05) is 14.1 Å². The van der Waals surface area contributed by atoms with Crippen LogP contribution in [0, 0.1) is 5.82 Å². The van der Waals surface area contributed by atoms with Crippen LogP contribution in [0.25, 0.3) is 0 Å². The molecule has 0 saturated heterocycles. The first-order chi connectivity index (χ1) is 9.40. The van der Waals surface area contributed by atoms with E-state index in [0.29, 0.717) is 12.2 Å². The fourth-order valence-electron chi connectivity index (χ4n) is 1.78. The fraction of sp³-hybridized carbons (Fsp3) is 0.500. The van der Waals surface area contributed by atoms with Crippen molar-refractivity contribution in [3.8, 4) is 0 Å². The maximum atomic E-state index is 13.7. The van der Waals surface area contributed by atoms with Crippen LogP contribution in [-0.2, 0) is 11.3 Å². The minimum absolute atomic E-state index is 0.228. The molecular weight excluding hydrogens is 261 g/mol. The van der Waals surface area contributed by atoms with Gasteiger partial charge >= 0.3 is 5.97 Å². The van der Waals surface area contributed by atoms with Gasteiger partial charge in [-0.2, -0.15) is 0 Å². The van der Waals surface area contributed by atoms with E-state index in [0.717, 1.165) is 18.7 Å². The predicted octanol–water partition coefficient (Wildman–Crippen LogP) is 0.998. The summed E-state index contributed by atoms with van der Waals surface area (Å²) in [5, 5.41) is 12.0. The standard InChI is InChI=1S/C14H22FN3O2/c1-17(2)7-6-16-9-11-4-5-12(15)13(8-11)18(3)10-14(19)20/h4-5,8,16H,6-7,9-10H2,1-3H3,(H,19,20). The summed E-state index contributed by atoms with van der Waals surface area (Å²) in [4.78, 5) is 14.1. The Balaban J connectivity index is 2.63. The molecule has 1 aromatic carbocycles. The average molecular weight is 283 g/mol. The van der Waals surface area contributed by atoms with Crippen LogP contribution < -0.4 is 10.2 Å². The largest absolute Gasteiger partial charge is 0.480 e. The number of halogens is 1. The van der Waals surface area contributed by atoms with Gasteiger partial charge < -0.3 is 20.2 Å². The van der Waals surface area contributed by atoms with Gasteiger partial charge in [0.1, 0.15) is 12.4 Å². The molecule has 0 fully saturated rings. The van der Waals surface area contributed by atoms with E-state index in [4.69, 9.17) is 5.11 Å². The number of rotatable bonds is 8. The number of nitrogens with zero attached hydrogens (tertiary/aromatic N) is 2. The van der Waals surface area contributed by atoms with Crippen molar-refractivity contribution in [3.63, 3.8) is 0 Å². The van der Waals surface area contributed by atoms with Crippen LogP contribution in [0.4, 0.5) is 10.1 Å². The topological polar surface area (TPSA) is 55.8 Å². The first kappa shape index (κ1) is 16.4. The summed E-state index contributed by atoms with van der Waals surface area (Å²) in [5.41, 5.74) is 1.23. The highest BCUT2D eigenvalue weighted by molar-refractivity contribution is 5.73. The molecule has 5 nitrogen and oxygen atoms in total. The van der Waals surface area contributed by atoms with Crippen molar-refractivity contribution >= 4 is 11.7 Å². The Morgan fingerprint density at radius 3 is 2.65 bits per heavy atom. The first-order valence-corrected chi connectivity index (χ1v) is 6.47. The van der Waals surface area contributed by atoms with Gasteiger partial charge in [0, 0.05) is 26.7 Å². The number of hydrogen-bond donors (Lipinski definition) is 2. The molecule has 1 aromatic rings. The van der Waals surface area contributed by atoms with Gasteiger partial charge in [-0.05, 0) is 31.8 Å². The van der Waals surface area contributed by atoms with Crippen LogP contribution in [-0.4, -0.2) is 56.8 Å². The van der Waals surface area contributed by atoms with E-state index < -0.39 is 11.8 Å². The molecule has 0 aliphatic heterocycles. The number of benzene rings is 1. The lowest BCUT2D eigenvalue weighted by atomic mass is 10.1. The molecule has 0 saturated carbocycles. The van der Waals surface area contributed by atoms with Gasteiger partial charge in [-0.15, -0.1) is 0 Å². The maximum Gasteiger partial charge on any atom is 0.323 e. The quantitative estimate of drug-likeness (QED) is 0.697. The molecule has 0 bridgehead atoms. The summed E-state index contributed by atoms with van der Waals surface area (Å²) in [5.74, 6) is -1.40. The van der Waals surface area contributed by atoms with Crippen LogP contribution in [0.1, 0.15) is 5.56 Å². The van der Waals surface area contributed by atoms with E-state index >= 15 is 0 Å². The van der Waals surface area contributed by atoms with Gasteiger partial charge in [-0.25, -0.2) is 4.39 Å². The molecule has 1 rings (SSSR count). The van der Waals surface area contributed by atoms with Crippen LogP contribution in [0.15, 0.2) is 18.2 Å². The number of aliphatic carboxylic acids is 1. The number of carbonyl (C=O) groups is 1. The molecule has 0 spiro atoms. The Labute approximate surface area is 119 Å². The van der Waals surface area contributed by atoms with Crippen molar-refractivity contribution in [2.24, 2.45) is 0 Å². The Morgan fingerprint density at radius 1 is 1.35 bits per heavy atom. The van der Waals surface area contributed by atoms with Crippen LogP contribution in [0.2, 0.25) is 0 Å². The lowest BCUT2D eigenvalue weighted by Gasteiger charge is -2.18. The minimum Gasteiger partial charge on any atom is -0.480 e. The van der Waals surface area contributed by atoms with Gasteiger partial charge in [-0.3, -0.25) is 4.79 Å². The molecule has 0 aromatic heterocycles. The third-order valence-electron chi connectivity index (χ3n) is 2.86. The maximum absolute atomic E-state index is 13.7. The molecule has 0 heterocycles.